The first-order valence-corrected chi connectivity index (χ1v) is 11.1. The maximum absolute atomic E-state index is 13.0. The standard InChI is InChI=1S/C23H35N3O2.2ClH/c1-28-20-9-7-16(8-10-20)21(26-11-2-3-12-26)15-25-23(27)19-13-17-5-4-6-18(14-19)22(17)24;;/h7-10,17-19,21-22H,2-6,11-15,24H2,1H3,(H,25,27);2*1H. The van der Waals surface area contributed by atoms with E-state index >= 15 is 0 Å². The normalized spacial score (nSPS) is 29.3. The fourth-order valence-corrected chi connectivity index (χ4v) is 5.68. The number of hydrogen-bond donors (Lipinski definition) is 2. The lowest BCUT2D eigenvalue weighted by molar-refractivity contribution is -0.128. The number of halogens is 2. The topological polar surface area (TPSA) is 67.6 Å². The number of nitrogens with one attached hydrogen (secondary N) is 1. The highest BCUT2D eigenvalue weighted by molar-refractivity contribution is 5.85. The molecule has 0 spiro atoms. The summed E-state index contributed by atoms with van der Waals surface area (Å²) in [6, 6.07) is 8.86. The van der Waals surface area contributed by atoms with E-state index in [0.717, 1.165) is 31.7 Å². The first-order chi connectivity index (χ1) is 13.7. The summed E-state index contributed by atoms with van der Waals surface area (Å²) in [6.45, 7) is 2.90. The molecule has 3 unspecified atom stereocenters. The number of fused-ring (bicyclic) bond motifs is 2. The smallest absolute Gasteiger partial charge is 0.223 e. The number of carbonyl (C=O) groups is 1. The zero-order valence-electron chi connectivity index (χ0n) is 17.9. The van der Waals surface area contributed by atoms with Gasteiger partial charge in [-0.1, -0.05) is 18.6 Å². The molecule has 170 valence electrons. The van der Waals surface area contributed by atoms with Gasteiger partial charge in [-0.15, -0.1) is 24.8 Å². The molecule has 3 atom stereocenters. The molecule has 0 radical (unpaired) electrons. The number of rotatable bonds is 6. The van der Waals surface area contributed by atoms with Gasteiger partial charge in [0, 0.05) is 18.5 Å². The minimum absolute atomic E-state index is 0. The molecule has 1 saturated heterocycles. The lowest BCUT2D eigenvalue weighted by atomic mass is 9.65. The Morgan fingerprint density at radius 1 is 1.10 bits per heavy atom. The number of likely N-dealkylation sites (tertiary alicyclic amines) is 1. The average molecular weight is 458 g/mol. The molecule has 7 heteroatoms. The minimum Gasteiger partial charge on any atom is -0.497 e. The van der Waals surface area contributed by atoms with Gasteiger partial charge in [-0.3, -0.25) is 9.69 Å². The molecule has 4 rings (SSSR count). The van der Waals surface area contributed by atoms with E-state index < -0.39 is 0 Å². The van der Waals surface area contributed by atoms with Crippen molar-refractivity contribution in [1.82, 2.24) is 10.2 Å². The van der Waals surface area contributed by atoms with Crippen LogP contribution >= 0.6 is 24.8 Å². The van der Waals surface area contributed by atoms with E-state index in [-0.39, 0.29) is 42.7 Å². The van der Waals surface area contributed by atoms with Crippen LogP contribution in [-0.2, 0) is 4.79 Å². The van der Waals surface area contributed by atoms with E-state index in [1.165, 1.54) is 37.7 Å². The van der Waals surface area contributed by atoms with Gasteiger partial charge in [0.15, 0.2) is 0 Å². The number of benzene rings is 1. The van der Waals surface area contributed by atoms with Crippen LogP contribution in [0.4, 0.5) is 0 Å². The summed E-state index contributed by atoms with van der Waals surface area (Å²) in [6.07, 6.45) is 8.11. The molecule has 1 aromatic rings. The molecule has 5 nitrogen and oxygen atoms in total. The van der Waals surface area contributed by atoms with Crippen LogP contribution in [0.25, 0.3) is 0 Å². The van der Waals surface area contributed by atoms with Crippen molar-refractivity contribution in [2.45, 2.75) is 57.0 Å². The van der Waals surface area contributed by atoms with Crippen molar-refractivity contribution < 1.29 is 9.53 Å². The summed E-state index contributed by atoms with van der Waals surface area (Å²) in [7, 11) is 1.69. The van der Waals surface area contributed by atoms with Crippen molar-refractivity contribution in [3.8, 4) is 5.75 Å². The van der Waals surface area contributed by atoms with E-state index in [1.807, 2.05) is 12.1 Å². The fourth-order valence-electron chi connectivity index (χ4n) is 5.68. The largest absolute Gasteiger partial charge is 0.497 e. The lowest BCUT2D eigenvalue weighted by Gasteiger charge is -2.43. The number of hydrogen-bond acceptors (Lipinski definition) is 4. The molecule has 1 aromatic carbocycles. The predicted octanol–water partition coefficient (Wildman–Crippen LogP) is 3.95. The van der Waals surface area contributed by atoms with Crippen molar-refractivity contribution in [2.24, 2.45) is 23.5 Å². The highest BCUT2D eigenvalue weighted by Crippen LogP contribution is 2.42. The molecular formula is C23H37Cl2N3O2. The summed E-state index contributed by atoms with van der Waals surface area (Å²) in [4.78, 5) is 15.5. The fraction of sp³-hybridized carbons (Fsp3) is 0.696. The quantitative estimate of drug-likeness (QED) is 0.678. The maximum Gasteiger partial charge on any atom is 0.223 e. The molecule has 1 aliphatic heterocycles. The van der Waals surface area contributed by atoms with Gasteiger partial charge in [0.2, 0.25) is 5.91 Å². The van der Waals surface area contributed by atoms with Crippen LogP contribution in [0.2, 0.25) is 0 Å². The molecule has 30 heavy (non-hydrogen) atoms. The number of ether oxygens (including phenoxy) is 1. The zero-order chi connectivity index (χ0) is 19.5. The SMILES string of the molecule is COc1ccc(C(CNC(=O)C2CC3CCCC(C2)C3N)N2CCCC2)cc1.Cl.Cl. The molecular weight excluding hydrogens is 421 g/mol. The maximum atomic E-state index is 13.0. The summed E-state index contributed by atoms with van der Waals surface area (Å²) in [5, 5.41) is 3.31. The van der Waals surface area contributed by atoms with Gasteiger partial charge in [0.1, 0.15) is 5.75 Å². The van der Waals surface area contributed by atoms with Crippen LogP contribution in [0.3, 0.4) is 0 Å². The third-order valence-corrected chi connectivity index (χ3v) is 7.34. The summed E-state index contributed by atoms with van der Waals surface area (Å²) in [5.41, 5.74) is 7.66. The van der Waals surface area contributed by atoms with E-state index in [2.05, 4.69) is 22.3 Å². The summed E-state index contributed by atoms with van der Waals surface area (Å²) < 4.78 is 5.30. The number of carbonyl (C=O) groups excluding carboxylic acids is 1. The Balaban J connectivity index is 0.00000160. The average Bonchev–Trinajstić information content (AvgIpc) is 3.23. The van der Waals surface area contributed by atoms with Gasteiger partial charge in [-0.2, -0.15) is 0 Å². The molecule has 2 saturated carbocycles. The second-order valence-corrected chi connectivity index (χ2v) is 8.97. The predicted molar refractivity (Wildman–Crippen MR) is 126 cm³/mol. The Kier molecular flexibility index (Phi) is 9.73. The van der Waals surface area contributed by atoms with E-state index in [9.17, 15) is 4.79 Å². The molecule has 3 aliphatic rings. The highest BCUT2D eigenvalue weighted by Gasteiger charge is 2.40. The monoisotopic (exact) mass is 457 g/mol. The Morgan fingerprint density at radius 2 is 1.70 bits per heavy atom. The van der Waals surface area contributed by atoms with Gasteiger partial charge in [0.25, 0.3) is 0 Å². The van der Waals surface area contributed by atoms with E-state index in [1.54, 1.807) is 7.11 Å². The van der Waals surface area contributed by atoms with Gasteiger partial charge in [-0.25, -0.2) is 0 Å². The highest BCUT2D eigenvalue weighted by atomic mass is 35.5. The zero-order valence-corrected chi connectivity index (χ0v) is 19.6. The van der Waals surface area contributed by atoms with Crippen molar-refractivity contribution >= 4 is 30.7 Å². The first kappa shape index (κ1) is 25.3. The van der Waals surface area contributed by atoms with Gasteiger partial charge in [0.05, 0.1) is 13.2 Å². The Morgan fingerprint density at radius 3 is 2.27 bits per heavy atom. The molecule has 0 aromatic heterocycles. The number of methoxy groups -OCH3 is 1. The van der Waals surface area contributed by atoms with E-state index in [0.29, 0.717) is 24.4 Å². The van der Waals surface area contributed by atoms with Gasteiger partial charge < -0.3 is 15.8 Å². The summed E-state index contributed by atoms with van der Waals surface area (Å²) >= 11 is 0. The minimum atomic E-state index is 0. The molecule has 1 amide bonds. The number of amides is 1. The number of nitrogens with zero attached hydrogens (tertiary/aromatic N) is 1. The molecule has 3 N–H and O–H groups in total. The van der Waals surface area contributed by atoms with Crippen LogP contribution in [0.1, 0.15) is 56.6 Å². The van der Waals surface area contributed by atoms with E-state index in [4.69, 9.17) is 10.5 Å². The molecule has 2 aliphatic carbocycles. The number of nitrogens with two attached hydrogens (primary N) is 1. The molecule has 1 heterocycles. The van der Waals surface area contributed by atoms with Gasteiger partial charge >= 0.3 is 0 Å². The summed E-state index contributed by atoms with van der Waals surface area (Å²) in [5.74, 6) is 2.34. The van der Waals surface area contributed by atoms with Crippen molar-refractivity contribution in [2.75, 3.05) is 26.7 Å². The van der Waals surface area contributed by atoms with Crippen molar-refractivity contribution in [1.29, 1.82) is 0 Å². The van der Waals surface area contributed by atoms with Crippen molar-refractivity contribution in [3.05, 3.63) is 29.8 Å². The van der Waals surface area contributed by atoms with Crippen LogP contribution in [0.15, 0.2) is 24.3 Å². The van der Waals surface area contributed by atoms with Crippen LogP contribution in [0, 0.1) is 17.8 Å². The Labute approximate surface area is 193 Å². The lowest BCUT2D eigenvalue weighted by Crippen LogP contribution is -2.49. The van der Waals surface area contributed by atoms with Crippen molar-refractivity contribution in [3.63, 3.8) is 0 Å². The second kappa shape index (κ2) is 11.6. The molecule has 3 fully saturated rings. The first-order valence-electron chi connectivity index (χ1n) is 11.1. The third kappa shape index (κ3) is 5.61. The van der Waals surface area contributed by atoms with Crippen LogP contribution < -0.4 is 15.8 Å². The third-order valence-electron chi connectivity index (χ3n) is 7.34. The Bertz CT molecular complexity index is 653. The second-order valence-electron chi connectivity index (χ2n) is 8.97. The Hall–Kier alpha value is -1.01. The van der Waals surface area contributed by atoms with Crippen LogP contribution in [-0.4, -0.2) is 43.6 Å². The molecule has 2 bridgehead atoms. The van der Waals surface area contributed by atoms with Gasteiger partial charge in [-0.05, 0) is 81.1 Å². The van der Waals surface area contributed by atoms with Crippen LogP contribution in [0.5, 0.6) is 5.75 Å².